The first kappa shape index (κ1) is 20.0. The fourth-order valence-electron chi connectivity index (χ4n) is 5.02. The van der Waals surface area contributed by atoms with Gasteiger partial charge in [0.1, 0.15) is 5.76 Å². The second-order valence-corrected chi connectivity index (χ2v) is 9.01. The molecule has 0 radical (unpaired) electrons. The van der Waals surface area contributed by atoms with Crippen molar-refractivity contribution >= 4 is 28.5 Å². The van der Waals surface area contributed by atoms with Gasteiger partial charge in [0.15, 0.2) is 0 Å². The second-order valence-electron chi connectivity index (χ2n) is 9.01. The summed E-state index contributed by atoms with van der Waals surface area (Å²) in [6.45, 7) is 2.22. The van der Waals surface area contributed by atoms with E-state index in [1.165, 1.54) is 0 Å². The number of rotatable bonds is 3. The maximum Gasteiger partial charge on any atom is 0.252 e. The number of nitrogens with one attached hydrogen (secondary N) is 1. The number of carbonyl (C=O) groups is 1. The number of amides is 1. The maximum atomic E-state index is 13.6. The summed E-state index contributed by atoms with van der Waals surface area (Å²) in [5.41, 5.74) is 4.65. The maximum absolute atomic E-state index is 13.6. The molecule has 3 aromatic rings. The molecule has 2 heterocycles. The summed E-state index contributed by atoms with van der Waals surface area (Å²) in [6.07, 6.45) is 8.35. The Morgan fingerprint density at radius 1 is 1.13 bits per heavy atom. The minimum atomic E-state index is -0.238. The van der Waals surface area contributed by atoms with Crippen molar-refractivity contribution in [2.24, 2.45) is 5.92 Å². The summed E-state index contributed by atoms with van der Waals surface area (Å²) >= 11 is 0. The van der Waals surface area contributed by atoms with E-state index in [2.05, 4.69) is 18.3 Å². The van der Waals surface area contributed by atoms with Crippen molar-refractivity contribution in [1.29, 1.82) is 0 Å². The smallest absolute Gasteiger partial charge is 0.252 e. The summed E-state index contributed by atoms with van der Waals surface area (Å²) < 4.78 is 5.56. The molecule has 5 heteroatoms. The highest BCUT2D eigenvalue weighted by molar-refractivity contribution is 6.09. The number of fused-ring (bicyclic) bond motifs is 2. The summed E-state index contributed by atoms with van der Waals surface area (Å²) in [5.74, 6) is 1.19. The molecule has 1 saturated carbocycles. The zero-order valence-electron chi connectivity index (χ0n) is 17.8. The average molecular weight is 417 g/mol. The predicted octanol–water partition coefficient (Wildman–Crippen LogP) is 4.98. The van der Waals surface area contributed by atoms with Crippen LogP contribution in [0.5, 0.6) is 0 Å². The molecule has 1 amide bonds. The Kier molecular flexibility index (Phi) is 5.36. The fourth-order valence-corrected chi connectivity index (χ4v) is 5.02. The van der Waals surface area contributed by atoms with Gasteiger partial charge in [0.25, 0.3) is 5.91 Å². The van der Waals surface area contributed by atoms with Gasteiger partial charge in [-0.3, -0.25) is 4.79 Å². The third kappa shape index (κ3) is 4.02. The Morgan fingerprint density at radius 3 is 2.71 bits per heavy atom. The Morgan fingerprint density at radius 2 is 1.94 bits per heavy atom. The van der Waals surface area contributed by atoms with Crippen LogP contribution in [0.25, 0.3) is 22.6 Å². The van der Waals surface area contributed by atoms with Gasteiger partial charge in [0.2, 0.25) is 0 Å². The summed E-state index contributed by atoms with van der Waals surface area (Å²) in [5, 5.41) is 14.0. The van der Waals surface area contributed by atoms with E-state index in [1.807, 2.05) is 36.4 Å². The highest BCUT2D eigenvalue weighted by Gasteiger charge is 2.29. The van der Waals surface area contributed by atoms with Crippen LogP contribution in [0.1, 0.15) is 66.4 Å². The van der Waals surface area contributed by atoms with Crippen molar-refractivity contribution < 1.29 is 14.3 Å². The number of nitrogens with zero attached hydrogens (tertiary/aromatic N) is 1. The second kappa shape index (κ2) is 8.31. The quantitative estimate of drug-likeness (QED) is 0.631. The van der Waals surface area contributed by atoms with Crippen molar-refractivity contribution in [3.05, 3.63) is 65.2 Å². The van der Waals surface area contributed by atoms with Gasteiger partial charge >= 0.3 is 0 Å². The highest BCUT2D eigenvalue weighted by Crippen LogP contribution is 2.38. The molecular formula is C26H28N2O3. The van der Waals surface area contributed by atoms with Gasteiger partial charge in [0.05, 0.1) is 29.1 Å². The van der Waals surface area contributed by atoms with Crippen LogP contribution >= 0.6 is 0 Å². The fraction of sp³-hybridized carbons (Fsp3) is 0.385. The number of hydrogen-bond donors (Lipinski definition) is 2. The molecule has 160 valence electrons. The van der Waals surface area contributed by atoms with Gasteiger partial charge < -0.3 is 14.8 Å². The molecule has 0 spiro atoms. The van der Waals surface area contributed by atoms with Gasteiger partial charge in [-0.1, -0.05) is 25.1 Å². The third-order valence-corrected chi connectivity index (χ3v) is 6.54. The lowest BCUT2D eigenvalue weighted by molar-refractivity contribution is 0.0868. The SMILES string of the molecule is CC1C/C(=C/c2ccco2)c2nc3ccccc3c(C(=O)NC3CCC(O)CC3)c2C1. The predicted molar refractivity (Wildman–Crippen MR) is 122 cm³/mol. The highest BCUT2D eigenvalue weighted by atomic mass is 16.3. The van der Waals surface area contributed by atoms with Crippen molar-refractivity contribution in [2.45, 2.75) is 57.6 Å². The first-order valence-corrected chi connectivity index (χ1v) is 11.2. The largest absolute Gasteiger partial charge is 0.465 e. The molecule has 5 rings (SSSR count). The number of para-hydroxylation sites is 1. The van der Waals surface area contributed by atoms with Crippen LogP contribution in [0, 0.1) is 5.92 Å². The van der Waals surface area contributed by atoms with Crippen molar-refractivity contribution in [3.63, 3.8) is 0 Å². The molecular weight excluding hydrogens is 388 g/mol. The van der Waals surface area contributed by atoms with Crippen LogP contribution in [0.15, 0.2) is 47.1 Å². The molecule has 1 aromatic carbocycles. The summed E-state index contributed by atoms with van der Waals surface area (Å²) in [6, 6.07) is 11.8. The number of aliphatic hydroxyl groups is 1. The van der Waals surface area contributed by atoms with Gasteiger partial charge in [-0.15, -0.1) is 0 Å². The van der Waals surface area contributed by atoms with Crippen molar-refractivity contribution in [3.8, 4) is 0 Å². The van der Waals surface area contributed by atoms with E-state index in [9.17, 15) is 9.90 Å². The molecule has 1 fully saturated rings. The Bertz CT molecular complexity index is 1130. The number of hydrogen-bond acceptors (Lipinski definition) is 4. The Labute approximate surface area is 182 Å². The van der Waals surface area contributed by atoms with Gasteiger partial charge in [-0.2, -0.15) is 0 Å². The minimum absolute atomic E-state index is 0.0253. The molecule has 1 unspecified atom stereocenters. The summed E-state index contributed by atoms with van der Waals surface area (Å²) in [4.78, 5) is 18.6. The van der Waals surface area contributed by atoms with E-state index in [0.717, 1.165) is 77.6 Å². The molecule has 2 N–H and O–H groups in total. The molecule has 0 bridgehead atoms. The van der Waals surface area contributed by atoms with E-state index in [-0.39, 0.29) is 18.1 Å². The topological polar surface area (TPSA) is 75.4 Å². The Hall–Kier alpha value is -2.92. The molecule has 0 saturated heterocycles. The third-order valence-electron chi connectivity index (χ3n) is 6.54. The summed E-state index contributed by atoms with van der Waals surface area (Å²) in [7, 11) is 0. The van der Waals surface area contributed by atoms with Crippen molar-refractivity contribution in [2.75, 3.05) is 0 Å². The van der Waals surface area contributed by atoms with Crippen LogP contribution in [0.3, 0.4) is 0 Å². The monoisotopic (exact) mass is 416 g/mol. The molecule has 5 nitrogen and oxygen atoms in total. The van der Waals surface area contributed by atoms with E-state index in [4.69, 9.17) is 9.40 Å². The van der Waals surface area contributed by atoms with Crippen LogP contribution in [-0.2, 0) is 6.42 Å². The van der Waals surface area contributed by atoms with E-state index >= 15 is 0 Å². The van der Waals surface area contributed by atoms with Crippen LogP contribution in [0.4, 0.5) is 0 Å². The lowest BCUT2D eigenvalue weighted by atomic mass is 9.80. The first-order valence-electron chi connectivity index (χ1n) is 11.2. The molecule has 2 aliphatic rings. The van der Waals surface area contributed by atoms with Crippen LogP contribution < -0.4 is 5.32 Å². The minimum Gasteiger partial charge on any atom is -0.465 e. The zero-order valence-corrected chi connectivity index (χ0v) is 17.8. The van der Waals surface area contributed by atoms with E-state index in [0.29, 0.717) is 5.92 Å². The number of benzene rings is 1. The molecule has 0 aliphatic heterocycles. The molecule has 1 atom stereocenters. The number of furan rings is 1. The molecule has 2 aliphatic carbocycles. The average Bonchev–Trinajstić information content (AvgIpc) is 3.27. The first-order chi connectivity index (χ1) is 15.1. The van der Waals surface area contributed by atoms with Gasteiger partial charge in [-0.05, 0) is 79.9 Å². The number of aliphatic hydroxyl groups excluding tert-OH is 1. The molecule has 2 aromatic heterocycles. The lowest BCUT2D eigenvalue weighted by Gasteiger charge is -2.29. The zero-order chi connectivity index (χ0) is 21.4. The van der Waals surface area contributed by atoms with Crippen molar-refractivity contribution in [1.82, 2.24) is 10.3 Å². The van der Waals surface area contributed by atoms with Crippen LogP contribution in [-0.4, -0.2) is 28.1 Å². The van der Waals surface area contributed by atoms with Gasteiger partial charge in [-0.25, -0.2) is 4.98 Å². The number of allylic oxidation sites excluding steroid dienone is 1. The Balaban J connectivity index is 1.60. The number of pyridine rings is 1. The standard InChI is InChI=1S/C26H28N2O3/c1-16-13-17(15-20-5-4-12-31-20)25-22(14-16)24(21-6-2-3-7-23(21)28-25)26(30)27-18-8-10-19(29)11-9-18/h2-7,12,15-16,18-19,29H,8-11,13-14H2,1H3,(H,27,30)/b17-15-. The van der Waals surface area contributed by atoms with Crippen LogP contribution in [0.2, 0.25) is 0 Å². The normalized spacial score (nSPS) is 24.8. The number of carbonyl (C=O) groups excluding carboxylic acids is 1. The number of aromatic nitrogens is 1. The van der Waals surface area contributed by atoms with E-state index < -0.39 is 0 Å². The lowest BCUT2D eigenvalue weighted by Crippen LogP contribution is -2.39. The molecule has 31 heavy (non-hydrogen) atoms. The van der Waals surface area contributed by atoms with Gasteiger partial charge in [0, 0.05) is 11.4 Å². The van der Waals surface area contributed by atoms with E-state index in [1.54, 1.807) is 6.26 Å².